The van der Waals surface area contributed by atoms with Crippen molar-refractivity contribution in [2.75, 3.05) is 12.0 Å². The molecule has 0 aliphatic carbocycles. The number of hydrogen-bond acceptors (Lipinski definition) is 6. The largest absolute Gasteiger partial charge is 0.369 e. The van der Waals surface area contributed by atoms with Crippen LogP contribution in [0.1, 0.15) is 46.4 Å². The third-order valence-corrected chi connectivity index (χ3v) is 5.21. The van der Waals surface area contributed by atoms with Crippen molar-refractivity contribution in [3.05, 3.63) is 47.8 Å². The van der Waals surface area contributed by atoms with E-state index in [1.165, 1.54) is 12.1 Å². The summed E-state index contributed by atoms with van der Waals surface area (Å²) in [6.07, 6.45) is 2.68. The number of halogens is 2. The van der Waals surface area contributed by atoms with Gasteiger partial charge in [-0.1, -0.05) is 34.1 Å². The molecule has 3 heterocycles. The summed E-state index contributed by atoms with van der Waals surface area (Å²) in [5.41, 5.74) is 8.93. The van der Waals surface area contributed by atoms with Crippen LogP contribution in [-0.2, 0) is 22.1 Å². The van der Waals surface area contributed by atoms with E-state index >= 15 is 0 Å². The van der Waals surface area contributed by atoms with Gasteiger partial charge in [0.05, 0.1) is 17.6 Å². The first kappa shape index (κ1) is 27.2. The zero-order chi connectivity index (χ0) is 26.8. The van der Waals surface area contributed by atoms with Gasteiger partial charge < -0.3 is 10.7 Å². The number of benzene rings is 1. The summed E-state index contributed by atoms with van der Waals surface area (Å²) in [5.74, 6) is -0.212. The molecule has 0 saturated carbocycles. The average Bonchev–Trinajstić information content (AvgIpc) is 3.31. The van der Waals surface area contributed by atoms with Crippen LogP contribution in [0.3, 0.4) is 0 Å². The van der Waals surface area contributed by atoms with Crippen LogP contribution >= 0.6 is 0 Å². The minimum atomic E-state index is -3.67. The maximum absolute atomic E-state index is 14.7. The van der Waals surface area contributed by atoms with Gasteiger partial charge in [0.25, 0.3) is 10.1 Å². The Morgan fingerprint density at radius 3 is 2.36 bits per heavy atom. The predicted molar refractivity (Wildman–Crippen MR) is 136 cm³/mol. The third kappa shape index (κ3) is 6.43. The van der Waals surface area contributed by atoms with E-state index in [2.05, 4.69) is 21.9 Å². The maximum Gasteiger partial charge on any atom is 0.261 e. The average molecular weight is 521 g/mol. The lowest BCUT2D eigenvalue weighted by atomic mass is 9.96. The molecule has 0 atom stereocenters. The summed E-state index contributed by atoms with van der Waals surface area (Å²) < 4.78 is 55.9. The molecule has 3 aromatic heterocycles. The van der Waals surface area contributed by atoms with Crippen LogP contribution in [0.4, 0.5) is 14.7 Å². The Morgan fingerprint density at radius 2 is 1.78 bits per heavy atom. The summed E-state index contributed by atoms with van der Waals surface area (Å²) in [7, 11) is -3.67. The standard InChI is InChI=1S/C23H26F2N6.CH4O3S/c1-5-6-11-31-20-17(28-22(31)26)10-9-16(27-20)19-18(29-21(30-19)23(2,3)4)14-8-7-13(24)12-15(14)25;1-5(2,3)4/h7-10,12H,5-6,11H2,1-4H3,(H2,26,28)(H,29,30);1H3,(H,2,3,4). The lowest BCUT2D eigenvalue weighted by molar-refractivity contribution is 0.490. The van der Waals surface area contributed by atoms with E-state index in [-0.39, 0.29) is 11.0 Å². The molecule has 4 aromatic rings. The first-order chi connectivity index (χ1) is 16.7. The van der Waals surface area contributed by atoms with Gasteiger partial charge in [-0.05, 0) is 30.7 Å². The molecule has 0 aliphatic rings. The van der Waals surface area contributed by atoms with Gasteiger partial charge in [0.15, 0.2) is 5.65 Å². The number of imidazole rings is 2. The molecule has 12 heteroatoms. The van der Waals surface area contributed by atoms with Gasteiger partial charge in [-0.15, -0.1) is 0 Å². The lowest BCUT2D eigenvalue weighted by Gasteiger charge is -2.14. The molecule has 4 N–H and O–H groups in total. The summed E-state index contributed by atoms with van der Waals surface area (Å²) in [4.78, 5) is 17.2. The molecule has 9 nitrogen and oxygen atoms in total. The van der Waals surface area contributed by atoms with Gasteiger partial charge in [-0.25, -0.2) is 23.7 Å². The fourth-order valence-corrected chi connectivity index (χ4v) is 3.49. The Morgan fingerprint density at radius 1 is 1.11 bits per heavy atom. The molecular weight excluding hydrogens is 490 g/mol. The fraction of sp³-hybridized carbons (Fsp3) is 0.375. The van der Waals surface area contributed by atoms with E-state index in [9.17, 15) is 17.2 Å². The minimum absolute atomic E-state index is 0.212. The minimum Gasteiger partial charge on any atom is -0.369 e. The van der Waals surface area contributed by atoms with Crippen LogP contribution in [0.25, 0.3) is 33.8 Å². The predicted octanol–water partition coefficient (Wildman–Crippen LogP) is 4.95. The number of nitrogens with one attached hydrogen (secondary N) is 1. The highest BCUT2D eigenvalue weighted by Crippen LogP contribution is 2.35. The van der Waals surface area contributed by atoms with E-state index in [0.717, 1.165) is 18.9 Å². The number of rotatable bonds is 5. The molecular formula is C24H30F2N6O3S. The van der Waals surface area contributed by atoms with Gasteiger partial charge in [0.1, 0.15) is 28.7 Å². The van der Waals surface area contributed by atoms with Crippen molar-refractivity contribution in [3.63, 3.8) is 0 Å². The number of fused-ring (bicyclic) bond motifs is 1. The number of H-pyrrole nitrogens is 1. The number of anilines is 1. The fourth-order valence-electron chi connectivity index (χ4n) is 3.49. The van der Waals surface area contributed by atoms with Crippen LogP contribution in [0.5, 0.6) is 0 Å². The van der Waals surface area contributed by atoms with E-state index in [1.54, 1.807) is 0 Å². The van der Waals surface area contributed by atoms with E-state index in [4.69, 9.17) is 15.3 Å². The first-order valence-corrected chi connectivity index (χ1v) is 13.2. The first-order valence-electron chi connectivity index (χ1n) is 11.3. The van der Waals surface area contributed by atoms with Crippen molar-refractivity contribution < 1.29 is 21.8 Å². The third-order valence-electron chi connectivity index (χ3n) is 5.21. The molecule has 0 unspecified atom stereocenters. The number of aryl methyl sites for hydroxylation is 1. The zero-order valence-electron chi connectivity index (χ0n) is 20.8. The molecule has 4 rings (SSSR count). The highest BCUT2D eigenvalue weighted by molar-refractivity contribution is 7.85. The molecule has 194 valence electrons. The number of nitrogen functional groups attached to an aromatic ring is 1. The number of aromatic amines is 1. The lowest BCUT2D eigenvalue weighted by Crippen LogP contribution is -2.13. The second kappa shape index (κ2) is 10.3. The number of unbranched alkanes of at least 4 members (excludes halogenated alkanes) is 1. The molecule has 1 aromatic carbocycles. The molecule has 0 aliphatic heterocycles. The van der Waals surface area contributed by atoms with Crippen molar-refractivity contribution in [3.8, 4) is 22.6 Å². The Kier molecular flexibility index (Phi) is 7.79. The van der Waals surface area contributed by atoms with Gasteiger partial charge in [-0.2, -0.15) is 8.42 Å². The van der Waals surface area contributed by atoms with Gasteiger partial charge in [0.2, 0.25) is 5.95 Å². The van der Waals surface area contributed by atoms with Crippen LogP contribution in [-0.4, -0.2) is 43.7 Å². The summed E-state index contributed by atoms with van der Waals surface area (Å²) in [6.45, 7) is 8.86. The maximum atomic E-state index is 14.7. The molecule has 0 fully saturated rings. The van der Waals surface area contributed by atoms with Crippen molar-refractivity contribution in [2.45, 2.75) is 52.5 Å². The van der Waals surface area contributed by atoms with Gasteiger partial charge in [0, 0.05) is 23.6 Å². The van der Waals surface area contributed by atoms with Crippen LogP contribution in [0.15, 0.2) is 30.3 Å². The van der Waals surface area contributed by atoms with Crippen molar-refractivity contribution in [1.29, 1.82) is 0 Å². The second-order valence-corrected chi connectivity index (χ2v) is 10.9. The molecule has 0 amide bonds. The van der Waals surface area contributed by atoms with Gasteiger partial charge in [-0.3, -0.25) is 9.12 Å². The Bertz CT molecular complexity index is 1480. The Hall–Kier alpha value is -3.38. The van der Waals surface area contributed by atoms with Crippen molar-refractivity contribution in [2.24, 2.45) is 0 Å². The summed E-state index contributed by atoms with van der Waals surface area (Å²) >= 11 is 0. The number of nitrogens with two attached hydrogens (primary N) is 1. The normalized spacial score (nSPS) is 12.0. The zero-order valence-corrected chi connectivity index (χ0v) is 21.6. The molecule has 0 spiro atoms. The number of hydrogen-bond donors (Lipinski definition) is 3. The highest BCUT2D eigenvalue weighted by Gasteiger charge is 2.25. The topological polar surface area (TPSA) is 140 Å². The molecule has 0 saturated heterocycles. The molecule has 0 radical (unpaired) electrons. The van der Waals surface area contributed by atoms with Crippen molar-refractivity contribution >= 4 is 27.2 Å². The van der Waals surface area contributed by atoms with E-state index in [0.29, 0.717) is 52.8 Å². The number of nitrogens with zero attached hydrogens (tertiary/aromatic N) is 4. The molecule has 0 bridgehead atoms. The second-order valence-electron chi connectivity index (χ2n) is 9.43. The molecule has 36 heavy (non-hydrogen) atoms. The van der Waals surface area contributed by atoms with E-state index in [1.807, 2.05) is 37.5 Å². The summed E-state index contributed by atoms with van der Waals surface area (Å²) in [5, 5.41) is 0. The van der Waals surface area contributed by atoms with E-state index < -0.39 is 21.8 Å². The Labute approximate surface area is 208 Å². The summed E-state index contributed by atoms with van der Waals surface area (Å²) in [6, 6.07) is 7.15. The monoisotopic (exact) mass is 520 g/mol. The van der Waals surface area contributed by atoms with Crippen LogP contribution < -0.4 is 5.73 Å². The van der Waals surface area contributed by atoms with Crippen LogP contribution in [0, 0.1) is 11.6 Å². The quantitative estimate of drug-likeness (QED) is 0.316. The SMILES string of the molecule is CCCCn1c(N)nc2ccc(-c3[nH]c(C(C)(C)C)nc3-c3ccc(F)cc3F)nc21.CS(=O)(=O)O. The van der Waals surface area contributed by atoms with Crippen LogP contribution in [0.2, 0.25) is 0 Å². The van der Waals surface area contributed by atoms with Crippen molar-refractivity contribution in [1.82, 2.24) is 24.5 Å². The van der Waals surface area contributed by atoms with Gasteiger partial charge >= 0.3 is 0 Å². The smallest absolute Gasteiger partial charge is 0.261 e. The highest BCUT2D eigenvalue weighted by atomic mass is 32.2. The number of pyridine rings is 1. The number of aromatic nitrogens is 5. The Balaban J connectivity index is 0.000000658.